The standard InChI is InChI=1S/C19H23NO6S4/c1-4-5-6-20-16(23)15(30-19(20)27)18-28-10-13(29-18)7-14(22)25-8-12(21)9-26-17(24)11(2)3/h10,12,21H,2,4-9H2,1,3H3/b18-15+. The first kappa shape index (κ1) is 25.0. The van der Waals surface area contributed by atoms with E-state index < -0.39 is 18.0 Å². The average Bonchev–Trinajstić information content (AvgIpc) is 3.26. The van der Waals surface area contributed by atoms with Crippen molar-refractivity contribution in [2.75, 3.05) is 19.8 Å². The van der Waals surface area contributed by atoms with Crippen molar-refractivity contribution in [3.8, 4) is 0 Å². The second-order valence-electron chi connectivity index (χ2n) is 6.49. The zero-order valence-electron chi connectivity index (χ0n) is 16.7. The van der Waals surface area contributed by atoms with E-state index in [1.165, 1.54) is 42.2 Å². The molecule has 1 fully saturated rings. The molecule has 7 nitrogen and oxygen atoms in total. The monoisotopic (exact) mass is 489 g/mol. The van der Waals surface area contributed by atoms with E-state index in [1.54, 1.807) is 4.90 Å². The molecule has 30 heavy (non-hydrogen) atoms. The molecular weight excluding hydrogens is 466 g/mol. The lowest BCUT2D eigenvalue weighted by atomic mass is 10.3. The normalized spacial score (nSPS) is 19.7. The highest BCUT2D eigenvalue weighted by Crippen LogP contribution is 2.51. The molecule has 2 aliphatic heterocycles. The van der Waals surface area contributed by atoms with E-state index in [0.29, 0.717) is 15.8 Å². The van der Waals surface area contributed by atoms with Gasteiger partial charge in [0.05, 0.1) is 10.7 Å². The fourth-order valence-electron chi connectivity index (χ4n) is 2.22. The third-order valence-electron chi connectivity index (χ3n) is 3.80. The number of thiocarbonyl (C=S) groups is 1. The van der Waals surface area contributed by atoms with Crippen LogP contribution in [0, 0.1) is 0 Å². The van der Waals surface area contributed by atoms with Crippen molar-refractivity contribution in [1.82, 2.24) is 4.90 Å². The molecule has 0 aromatic heterocycles. The van der Waals surface area contributed by atoms with E-state index in [9.17, 15) is 19.5 Å². The van der Waals surface area contributed by atoms with Crippen LogP contribution in [0.4, 0.5) is 0 Å². The summed E-state index contributed by atoms with van der Waals surface area (Å²) in [6, 6.07) is 0. The van der Waals surface area contributed by atoms with Gasteiger partial charge in [0, 0.05) is 17.0 Å². The van der Waals surface area contributed by atoms with Crippen LogP contribution in [-0.4, -0.2) is 58.0 Å². The maximum atomic E-state index is 12.6. The van der Waals surface area contributed by atoms with Gasteiger partial charge in [0.25, 0.3) is 5.91 Å². The van der Waals surface area contributed by atoms with Crippen LogP contribution < -0.4 is 0 Å². The van der Waals surface area contributed by atoms with Crippen molar-refractivity contribution in [2.24, 2.45) is 0 Å². The summed E-state index contributed by atoms with van der Waals surface area (Å²) in [5.74, 6) is -1.22. The van der Waals surface area contributed by atoms with Crippen LogP contribution in [-0.2, 0) is 23.9 Å². The Labute approximate surface area is 193 Å². The Kier molecular flexibility index (Phi) is 9.95. The summed E-state index contributed by atoms with van der Waals surface area (Å²) >= 11 is 9.35. The molecule has 11 heteroatoms. The Hall–Kier alpha value is -1.27. The second-order valence-corrected chi connectivity index (χ2v) is 10.4. The Morgan fingerprint density at radius 2 is 2.00 bits per heavy atom. The maximum absolute atomic E-state index is 12.6. The predicted molar refractivity (Wildman–Crippen MR) is 124 cm³/mol. The quantitative estimate of drug-likeness (QED) is 0.279. The topological polar surface area (TPSA) is 93.1 Å². The van der Waals surface area contributed by atoms with Gasteiger partial charge in [0.2, 0.25) is 0 Å². The zero-order chi connectivity index (χ0) is 22.3. The van der Waals surface area contributed by atoms with Crippen LogP contribution >= 0.6 is 47.5 Å². The summed E-state index contributed by atoms with van der Waals surface area (Å²) in [5.41, 5.74) is 0.222. The highest BCUT2D eigenvalue weighted by Gasteiger charge is 2.35. The van der Waals surface area contributed by atoms with Crippen molar-refractivity contribution < 1.29 is 29.0 Å². The lowest BCUT2D eigenvalue weighted by Crippen LogP contribution is -2.29. The number of esters is 2. The molecule has 2 heterocycles. The molecular formula is C19H23NO6S4. The molecule has 164 valence electrons. The molecule has 2 rings (SSSR count). The molecule has 0 spiro atoms. The molecule has 1 unspecified atom stereocenters. The van der Waals surface area contributed by atoms with Gasteiger partial charge < -0.3 is 14.6 Å². The molecule has 0 aromatic rings. The summed E-state index contributed by atoms with van der Waals surface area (Å²) in [6.45, 7) is 7.04. The van der Waals surface area contributed by atoms with Crippen molar-refractivity contribution in [1.29, 1.82) is 0 Å². The summed E-state index contributed by atoms with van der Waals surface area (Å²) in [5, 5.41) is 11.6. The lowest BCUT2D eigenvalue weighted by molar-refractivity contribution is -0.149. The smallest absolute Gasteiger partial charge is 0.333 e. The molecule has 1 atom stereocenters. The van der Waals surface area contributed by atoms with Gasteiger partial charge in [-0.25, -0.2) is 4.79 Å². The highest BCUT2D eigenvalue weighted by atomic mass is 32.2. The predicted octanol–water partition coefficient (Wildman–Crippen LogP) is 3.55. The van der Waals surface area contributed by atoms with Gasteiger partial charge in [-0.15, -0.1) is 0 Å². The summed E-state index contributed by atoms with van der Waals surface area (Å²) in [6.07, 6.45) is 0.779. The number of unbranched alkanes of at least 4 members (excludes halogenated alkanes) is 1. The number of aliphatic hydroxyl groups excluding tert-OH is 1. The molecule has 1 saturated heterocycles. The number of ether oxygens (including phenoxy) is 2. The summed E-state index contributed by atoms with van der Waals surface area (Å²) < 4.78 is 11.2. The van der Waals surface area contributed by atoms with Crippen LogP contribution in [0.25, 0.3) is 0 Å². The maximum Gasteiger partial charge on any atom is 0.333 e. The second kappa shape index (κ2) is 11.9. The van der Waals surface area contributed by atoms with Gasteiger partial charge in [-0.05, 0) is 18.8 Å². The molecule has 0 saturated carbocycles. The first-order valence-electron chi connectivity index (χ1n) is 9.20. The minimum Gasteiger partial charge on any atom is -0.463 e. The highest BCUT2D eigenvalue weighted by molar-refractivity contribution is 8.31. The largest absolute Gasteiger partial charge is 0.463 e. The van der Waals surface area contributed by atoms with E-state index in [4.69, 9.17) is 21.7 Å². The van der Waals surface area contributed by atoms with Gasteiger partial charge in [-0.1, -0.05) is 67.4 Å². The minimum atomic E-state index is -1.11. The van der Waals surface area contributed by atoms with Gasteiger partial charge in [0.15, 0.2) is 0 Å². The summed E-state index contributed by atoms with van der Waals surface area (Å²) in [7, 11) is 0. The number of carbonyl (C=O) groups is 3. The molecule has 2 aliphatic rings. The number of thioether (sulfide) groups is 3. The third kappa shape index (κ3) is 7.16. The fraction of sp³-hybridized carbons (Fsp3) is 0.474. The lowest BCUT2D eigenvalue weighted by Gasteiger charge is -2.13. The number of aliphatic hydroxyl groups is 1. The van der Waals surface area contributed by atoms with Crippen LogP contribution in [0.1, 0.15) is 33.1 Å². The van der Waals surface area contributed by atoms with Crippen LogP contribution in [0.15, 0.2) is 31.6 Å². The zero-order valence-corrected chi connectivity index (χ0v) is 19.9. The van der Waals surface area contributed by atoms with Crippen LogP contribution in [0.2, 0.25) is 0 Å². The Bertz CT molecular complexity index is 807. The van der Waals surface area contributed by atoms with Gasteiger partial charge in [0.1, 0.15) is 28.5 Å². The number of nitrogens with zero attached hydrogens (tertiary/aromatic N) is 1. The Morgan fingerprint density at radius 3 is 2.67 bits per heavy atom. The van der Waals surface area contributed by atoms with Crippen LogP contribution in [0.3, 0.4) is 0 Å². The Balaban J connectivity index is 1.79. The SMILES string of the molecule is C=C(C)C(=O)OCC(O)COC(=O)CC1=CS/C(=C2\SC(=S)N(CCCC)C2=O)S1. The average molecular weight is 490 g/mol. The Morgan fingerprint density at radius 1 is 1.30 bits per heavy atom. The molecule has 0 aliphatic carbocycles. The van der Waals surface area contributed by atoms with Crippen molar-refractivity contribution in [2.45, 2.75) is 39.2 Å². The molecule has 1 N–H and O–H groups in total. The molecule has 1 amide bonds. The van der Waals surface area contributed by atoms with Crippen molar-refractivity contribution in [3.05, 3.63) is 31.6 Å². The number of rotatable bonds is 10. The van der Waals surface area contributed by atoms with Gasteiger partial charge >= 0.3 is 11.9 Å². The first-order valence-corrected chi connectivity index (χ1v) is 12.1. The molecule has 0 radical (unpaired) electrons. The first-order chi connectivity index (χ1) is 14.2. The van der Waals surface area contributed by atoms with Crippen molar-refractivity contribution in [3.63, 3.8) is 0 Å². The van der Waals surface area contributed by atoms with Gasteiger partial charge in [-0.2, -0.15) is 0 Å². The number of amides is 1. The van der Waals surface area contributed by atoms with Crippen molar-refractivity contribution >= 4 is 69.7 Å². The molecule has 0 aromatic carbocycles. The van der Waals surface area contributed by atoms with Gasteiger partial charge in [-0.3, -0.25) is 14.5 Å². The van der Waals surface area contributed by atoms with E-state index in [-0.39, 0.29) is 31.1 Å². The van der Waals surface area contributed by atoms with E-state index in [0.717, 1.165) is 22.0 Å². The molecule has 0 bridgehead atoms. The fourth-order valence-corrected chi connectivity index (χ4v) is 6.02. The third-order valence-corrected chi connectivity index (χ3v) is 7.93. The minimum absolute atomic E-state index is 0.0234. The summed E-state index contributed by atoms with van der Waals surface area (Å²) in [4.78, 5) is 38.9. The van der Waals surface area contributed by atoms with E-state index >= 15 is 0 Å². The number of hydrogen-bond donors (Lipinski definition) is 1. The number of carbonyl (C=O) groups excluding carboxylic acids is 3. The van der Waals surface area contributed by atoms with E-state index in [1.807, 2.05) is 5.41 Å². The van der Waals surface area contributed by atoms with Crippen LogP contribution in [0.5, 0.6) is 0 Å². The number of hydrogen-bond acceptors (Lipinski definition) is 10. The van der Waals surface area contributed by atoms with E-state index in [2.05, 4.69) is 13.5 Å².